The number of aryl methyl sites for hydroxylation is 1. The SMILES string of the molecule is Cc1c(C(=O)N2CCCc3cc(S(=O)(=O)N4CCCC4)ccc32)cnn1-c1ccccn1. The van der Waals surface area contributed by atoms with E-state index >= 15 is 0 Å². The van der Waals surface area contributed by atoms with Crippen LogP contribution in [0.5, 0.6) is 0 Å². The third-order valence-electron chi connectivity index (χ3n) is 6.22. The van der Waals surface area contributed by atoms with Gasteiger partial charge < -0.3 is 4.90 Å². The highest BCUT2D eigenvalue weighted by Crippen LogP contribution is 2.32. The maximum atomic E-state index is 13.4. The van der Waals surface area contributed by atoms with E-state index in [4.69, 9.17) is 0 Å². The van der Waals surface area contributed by atoms with Gasteiger partial charge in [0.15, 0.2) is 5.82 Å². The van der Waals surface area contributed by atoms with Crippen molar-refractivity contribution in [1.82, 2.24) is 19.1 Å². The summed E-state index contributed by atoms with van der Waals surface area (Å²) in [7, 11) is -3.49. The maximum absolute atomic E-state index is 13.4. The smallest absolute Gasteiger partial charge is 0.261 e. The highest BCUT2D eigenvalue weighted by Gasteiger charge is 2.31. The summed E-state index contributed by atoms with van der Waals surface area (Å²) in [6, 6.07) is 10.7. The Hall–Kier alpha value is -3.04. The lowest BCUT2D eigenvalue weighted by Crippen LogP contribution is -2.36. The Bertz CT molecular complexity index is 1260. The third kappa shape index (κ3) is 3.51. The van der Waals surface area contributed by atoms with Crippen LogP contribution in [-0.4, -0.2) is 53.0 Å². The lowest BCUT2D eigenvalue weighted by Gasteiger charge is -2.30. The molecule has 166 valence electrons. The molecule has 0 bridgehead atoms. The molecule has 0 radical (unpaired) electrons. The predicted octanol–water partition coefficient (Wildman–Crippen LogP) is 2.95. The molecule has 2 aromatic heterocycles. The number of sulfonamides is 1. The van der Waals surface area contributed by atoms with Gasteiger partial charge in [0.25, 0.3) is 5.91 Å². The first kappa shape index (κ1) is 20.8. The fraction of sp³-hybridized carbons (Fsp3) is 0.348. The molecule has 5 rings (SSSR count). The molecule has 0 unspecified atom stereocenters. The minimum atomic E-state index is -3.49. The van der Waals surface area contributed by atoms with Gasteiger partial charge in [0.05, 0.1) is 22.3 Å². The first-order valence-electron chi connectivity index (χ1n) is 10.9. The van der Waals surface area contributed by atoms with Gasteiger partial charge in [0.2, 0.25) is 10.0 Å². The molecule has 1 amide bonds. The molecular formula is C23H25N5O3S. The van der Waals surface area contributed by atoms with Gasteiger partial charge in [-0.15, -0.1) is 0 Å². The van der Waals surface area contributed by atoms with Crippen LogP contribution >= 0.6 is 0 Å². The van der Waals surface area contributed by atoms with Gasteiger partial charge in [0.1, 0.15) is 0 Å². The van der Waals surface area contributed by atoms with E-state index in [0.717, 1.165) is 36.9 Å². The number of nitrogens with zero attached hydrogens (tertiary/aromatic N) is 5. The van der Waals surface area contributed by atoms with Crippen LogP contribution in [0.4, 0.5) is 5.69 Å². The van der Waals surface area contributed by atoms with E-state index in [0.29, 0.717) is 41.6 Å². The molecule has 9 heteroatoms. The van der Waals surface area contributed by atoms with Crippen LogP contribution in [0.1, 0.15) is 40.9 Å². The number of anilines is 1. The quantitative estimate of drug-likeness (QED) is 0.609. The Kier molecular flexibility index (Phi) is 5.30. The normalized spacial score (nSPS) is 16.8. The lowest BCUT2D eigenvalue weighted by atomic mass is 10.0. The molecule has 0 spiro atoms. The van der Waals surface area contributed by atoms with Gasteiger partial charge in [-0.25, -0.2) is 18.1 Å². The van der Waals surface area contributed by atoms with Gasteiger partial charge >= 0.3 is 0 Å². The first-order valence-corrected chi connectivity index (χ1v) is 12.3. The van der Waals surface area contributed by atoms with Crippen molar-refractivity contribution in [3.8, 4) is 5.82 Å². The van der Waals surface area contributed by atoms with E-state index in [1.807, 2.05) is 25.1 Å². The zero-order chi connectivity index (χ0) is 22.3. The van der Waals surface area contributed by atoms with Crippen LogP contribution in [0.3, 0.4) is 0 Å². The third-order valence-corrected chi connectivity index (χ3v) is 8.12. The van der Waals surface area contributed by atoms with Crippen LogP contribution in [0.2, 0.25) is 0 Å². The van der Waals surface area contributed by atoms with Gasteiger partial charge in [-0.1, -0.05) is 6.07 Å². The van der Waals surface area contributed by atoms with Gasteiger partial charge in [-0.2, -0.15) is 9.40 Å². The summed E-state index contributed by atoms with van der Waals surface area (Å²) >= 11 is 0. The Labute approximate surface area is 187 Å². The molecule has 0 atom stereocenters. The lowest BCUT2D eigenvalue weighted by molar-refractivity contribution is 0.0984. The largest absolute Gasteiger partial charge is 0.308 e. The fourth-order valence-electron chi connectivity index (χ4n) is 4.50. The van der Waals surface area contributed by atoms with Crippen molar-refractivity contribution >= 4 is 21.6 Å². The molecule has 0 N–H and O–H groups in total. The molecule has 4 heterocycles. The average Bonchev–Trinajstić information content (AvgIpc) is 3.49. The van der Waals surface area contributed by atoms with Crippen molar-refractivity contribution in [2.75, 3.05) is 24.5 Å². The molecule has 8 nitrogen and oxygen atoms in total. The van der Waals surface area contributed by atoms with Crippen molar-refractivity contribution in [2.45, 2.75) is 37.5 Å². The molecular weight excluding hydrogens is 426 g/mol. The predicted molar refractivity (Wildman–Crippen MR) is 121 cm³/mol. The number of fused-ring (bicyclic) bond motifs is 1. The van der Waals surface area contributed by atoms with E-state index in [1.54, 1.807) is 44.5 Å². The zero-order valence-electron chi connectivity index (χ0n) is 17.9. The van der Waals surface area contributed by atoms with E-state index in [-0.39, 0.29) is 5.91 Å². The number of carbonyl (C=O) groups excluding carboxylic acids is 1. The highest BCUT2D eigenvalue weighted by atomic mass is 32.2. The number of rotatable bonds is 4. The molecule has 1 fully saturated rings. The Morgan fingerprint density at radius 3 is 2.59 bits per heavy atom. The second kappa shape index (κ2) is 8.14. The van der Waals surface area contributed by atoms with Gasteiger partial charge in [-0.3, -0.25) is 4.79 Å². The Morgan fingerprint density at radius 1 is 1.03 bits per heavy atom. The monoisotopic (exact) mass is 451 g/mol. The topological polar surface area (TPSA) is 88.4 Å². The van der Waals surface area contributed by atoms with Gasteiger partial charge in [0, 0.05) is 31.5 Å². The number of pyridine rings is 1. The van der Waals surface area contributed by atoms with Crippen molar-refractivity contribution in [1.29, 1.82) is 0 Å². The minimum Gasteiger partial charge on any atom is -0.308 e. The molecule has 1 aromatic carbocycles. The molecule has 32 heavy (non-hydrogen) atoms. The van der Waals surface area contributed by atoms with Crippen molar-refractivity contribution in [3.05, 3.63) is 65.6 Å². The number of amides is 1. The fourth-order valence-corrected chi connectivity index (χ4v) is 6.07. The number of aromatic nitrogens is 3. The molecule has 2 aliphatic rings. The van der Waals surface area contributed by atoms with Crippen molar-refractivity contribution in [2.24, 2.45) is 0 Å². The molecule has 2 aliphatic heterocycles. The molecule has 3 aromatic rings. The van der Waals surface area contributed by atoms with Crippen LogP contribution in [0.25, 0.3) is 5.82 Å². The summed E-state index contributed by atoms with van der Waals surface area (Å²) in [6.45, 7) is 3.58. The second-order valence-electron chi connectivity index (χ2n) is 8.21. The summed E-state index contributed by atoms with van der Waals surface area (Å²) in [4.78, 5) is 19.8. The standard InChI is InChI=1S/C23H25N5O3S/c1-17-20(16-25-28(17)22-8-2-3-11-24-22)23(29)27-14-6-7-18-15-19(9-10-21(18)27)32(30,31)26-12-4-5-13-26/h2-3,8-11,15-16H,4-7,12-14H2,1H3. The maximum Gasteiger partial charge on any atom is 0.261 e. The summed E-state index contributed by atoms with van der Waals surface area (Å²) in [5.41, 5.74) is 2.89. The average molecular weight is 452 g/mol. The molecule has 0 aliphatic carbocycles. The van der Waals surface area contributed by atoms with E-state index < -0.39 is 10.0 Å². The number of hydrogen-bond donors (Lipinski definition) is 0. The van der Waals surface area contributed by atoms with E-state index in [1.165, 1.54) is 0 Å². The minimum absolute atomic E-state index is 0.138. The van der Waals surface area contributed by atoms with Crippen LogP contribution in [0.15, 0.2) is 53.7 Å². The summed E-state index contributed by atoms with van der Waals surface area (Å²) in [5, 5.41) is 4.37. The number of carbonyl (C=O) groups is 1. The second-order valence-corrected chi connectivity index (χ2v) is 10.1. The number of hydrogen-bond acceptors (Lipinski definition) is 5. The van der Waals surface area contributed by atoms with E-state index in [2.05, 4.69) is 10.1 Å². The Morgan fingerprint density at radius 2 is 1.84 bits per heavy atom. The van der Waals surface area contributed by atoms with Gasteiger partial charge in [-0.05, 0) is 68.5 Å². The van der Waals surface area contributed by atoms with E-state index in [9.17, 15) is 13.2 Å². The zero-order valence-corrected chi connectivity index (χ0v) is 18.8. The molecule has 1 saturated heterocycles. The molecule has 0 saturated carbocycles. The summed E-state index contributed by atoms with van der Waals surface area (Å²) < 4.78 is 29.1. The van der Waals surface area contributed by atoms with Crippen molar-refractivity contribution in [3.63, 3.8) is 0 Å². The number of benzene rings is 1. The Balaban J connectivity index is 1.46. The highest BCUT2D eigenvalue weighted by molar-refractivity contribution is 7.89. The summed E-state index contributed by atoms with van der Waals surface area (Å²) in [5.74, 6) is 0.514. The van der Waals surface area contributed by atoms with Crippen LogP contribution in [0, 0.1) is 6.92 Å². The van der Waals surface area contributed by atoms with Crippen molar-refractivity contribution < 1.29 is 13.2 Å². The van der Waals surface area contributed by atoms with Crippen LogP contribution in [-0.2, 0) is 16.4 Å². The summed E-state index contributed by atoms with van der Waals surface area (Å²) in [6.07, 6.45) is 6.59. The van der Waals surface area contributed by atoms with Crippen LogP contribution < -0.4 is 4.90 Å². The first-order chi connectivity index (χ1) is 15.5.